The van der Waals surface area contributed by atoms with Crippen molar-refractivity contribution in [3.8, 4) is 0 Å². The maximum atomic E-state index is 11.9. The largest absolute Gasteiger partial charge is 0.357 e. The van der Waals surface area contributed by atoms with Crippen LogP contribution < -0.4 is 10.6 Å². The van der Waals surface area contributed by atoms with Gasteiger partial charge in [-0.2, -0.15) is 0 Å². The fourth-order valence-electron chi connectivity index (χ4n) is 1.53. The quantitative estimate of drug-likeness (QED) is 0.254. The van der Waals surface area contributed by atoms with Crippen molar-refractivity contribution in [2.45, 2.75) is 20.8 Å². The molecule has 0 atom stereocenters. The summed E-state index contributed by atoms with van der Waals surface area (Å²) in [7, 11) is -3.20. The van der Waals surface area contributed by atoms with E-state index < -0.39 is 10.0 Å². The van der Waals surface area contributed by atoms with Crippen molar-refractivity contribution in [3.05, 3.63) is 12.7 Å². The predicted molar refractivity (Wildman–Crippen MR) is 96.3 cm³/mol. The fourth-order valence-corrected chi connectivity index (χ4v) is 2.90. The standard InChI is InChI=1S/C12H26N4O2S.HI/c1-5-9-14-12(13-6-2)15-10-11-19(17,18)16(7-3)8-4;/h5H,1,6-11H2,2-4H3,(H2,13,14,15);1H. The Hall–Kier alpha value is -0.350. The fraction of sp³-hybridized carbons (Fsp3) is 0.750. The third-order valence-electron chi connectivity index (χ3n) is 2.48. The van der Waals surface area contributed by atoms with Crippen molar-refractivity contribution in [1.82, 2.24) is 14.9 Å². The number of nitrogens with zero attached hydrogens (tertiary/aromatic N) is 2. The monoisotopic (exact) mass is 418 g/mol. The summed E-state index contributed by atoms with van der Waals surface area (Å²) in [6.45, 7) is 11.8. The Morgan fingerprint density at radius 3 is 2.30 bits per heavy atom. The van der Waals surface area contributed by atoms with Crippen LogP contribution in [-0.4, -0.2) is 57.2 Å². The molecule has 0 aliphatic carbocycles. The normalized spacial score (nSPS) is 11.9. The van der Waals surface area contributed by atoms with E-state index in [1.165, 1.54) is 4.31 Å². The van der Waals surface area contributed by atoms with Crippen LogP contribution in [0.25, 0.3) is 0 Å². The summed E-state index contributed by atoms with van der Waals surface area (Å²) in [5.41, 5.74) is 0. The van der Waals surface area contributed by atoms with Gasteiger partial charge in [0.2, 0.25) is 10.0 Å². The molecule has 0 bridgehead atoms. The zero-order valence-corrected chi connectivity index (χ0v) is 15.7. The second kappa shape index (κ2) is 12.4. The van der Waals surface area contributed by atoms with E-state index in [1.807, 2.05) is 20.8 Å². The zero-order valence-electron chi connectivity index (χ0n) is 12.6. The molecule has 0 unspecified atom stereocenters. The van der Waals surface area contributed by atoms with Crippen LogP contribution in [0.4, 0.5) is 0 Å². The molecule has 0 saturated carbocycles. The van der Waals surface area contributed by atoms with Gasteiger partial charge < -0.3 is 10.6 Å². The molecule has 2 N–H and O–H groups in total. The lowest BCUT2D eigenvalue weighted by molar-refractivity contribution is 0.445. The summed E-state index contributed by atoms with van der Waals surface area (Å²) < 4.78 is 25.3. The van der Waals surface area contributed by atoms with Crippen molar-refractivity contribution in [2.24, 2.45) is 4.99 Å². The maximum absolute atomic E-state index is 11.9. The van der Waals surface area contributed by atoms with Crippen LogP contribution in [0.5, 0.6) is 0 Å². The highest BCUT2D eigenvalue weighted by Gasteiger charge is 2.17. The molecule has 120 valence electrons. The molecule has 8 heteroatoms. The van der Waals surface area contributed by atoms with E-state index in [2.05, 4.69) is 22.2 Å². The molecule has 20 heavy (non-hydrogen) atoms. The number of guanidine groups is 1. The van der Waals surface area contributed by atoms with E-state index in [0.717, 1.165) is 6.54 Å². The van der Waals surface area contributed by atoms with Crippen molar-refractivity contribution < 1.29 is 8.42 Å². The molecule has 0 heterocycles. The van der Waals surface area contributed by atoms with Crippen LogP contribution in [0.3, 0.4) is 0 Å². The number of hydrogen-bond donors (Lipinski definition) is 2. The molecular weight excluding hydrogens is 391 g/mol. The van der Waals surface area contributed by atoms with Crippen molar-refractivity contribution in [3.63, 3.8) is 0 Å². The summed E-state index contributed by atoms with van der Waals surface area (Å²) in [6.07, 6.45) is 1.72. The van der Waals surface area contributed by atoms with Gasteiger partial charge in [0.1, 0.15) is 0 Å². The first-order chi connectivity index (χ1) is 9.01. The van der Waals surface area contributed by atoms with Crippen LogP contribution in [-0.2, 0) is 10.0 Å². The molecule has 0 aromatic heterocycles. The van der Waals surface area contributed by atoms with Crippen LogP contribution in [0, 0.1) is 0 Å². The summed E-state index contributed by atoms with van der Waals surface area (Å²) in [4.78, 5) is 4.23. The third kappa shape index (κ3) is 8.75. The smallest absolute Gasteiger partial charge is 0.215 e. The second-order valence-electron chi connectivity index (χ2n) is 3.83. The molecule has 0 amide bonds. The van der Waals surface area contributed by atoms with Gasteiger partial charge >= 0.3 is 0 Å². The van der Waals surface area contributed by atoms with E-state index in [-0.39, 0.29) is 36.3 Å². The van der Waals surface area contributed by atoms with E-state index in [9.17, 15) is 8.42 Å². The van der Waals surface area contributed by atoms with E-state index in [4.69, 9.17) is 0 Å². The SMILES string of the molecule is C=CCNC(=NCCS(=O)(=O)N(CC)CC)NCC.I. The number of rotatable bonds is 9. The summed E-state index contributed by atoms with van der Waals surface area (Å²) in [6, 6.07) is 0. The number of nitrogens with one attached hydrogen (secondary N) is 2. The molecule has 0 aliphatic rings. The lowest BCUT2D eigenvalue weighted by atomic mass is 10.6. The van der Waals surface area contributed by atoms with Crippen molar-refractivity contribution >= 4 is 40.0 Å². The highest BCUT2D eigenvalue weighted by molar-refractivity contribution is 14.0. The van der Waals surface area contributed by atoms with E-state index >= 15 is 0 Å². The Morgan fingerprint density at radius 1 is 1.25 bits per heavy atom. The van der Waals surface area contributed by atoms with Gasteiger partial charge in [0.15, 0.2) is 5.96 Å². The number of sulfonamides is 1. The summed E-state index contributed by atoms with van der Waals surface area (Å²) >= 11 is 0. The van der Waals surface area contributed by atoms with Gasteiger partial charge in [-0.25, -0.2) is 12.7 Å². The first kappa shape index (κ1) is 21.9. The van der Waals surface area contributed by atoms with Crippen molar-refractivity contribution in [2.75, 3.05) is 38.5 Å². The van der Waals surface area contributed by atoms with Gasteiger partial charge in [0.05, 0.1) is 12.3 Å². The highest BCUT2D eigenvalue weighted by atomic mass is 127. The Balaban J connectivity index is 0. The van der Waals surface area contributed by atoms with Gasteiger partial charge in [-0.1, -0.05) is 19.9 Å². The number of halogens is 1. The molecule has 0 spiro atoms. The zero-order chi connectivity index (χ0) is 14.7. The first-order valence-corrected chi connectivity index (χ1v) is 8.23. The molecule has 0 fully saturated rings. The van der Waals surface area contributed by atoms with Crippen LogP contribution in [0.1, 0.15) is 20.8 Å². The average molecular weight is 418 g/mol. The minimum atomic E-state index is -3.20. The van der Waals surface area contributed by atoms with Gasteiger partial charge in [0.25, 0.3) is 0 Å². The number of hydrogen-bond acceptors (Lipinski definition) is 3. The minimum Gasteiger partial charge on any atom is -0.357 e. The molecule has 6 nitrogen and oxygen atoms in total. The molecule has 0 aromatic rings. The van der Waals surface area contributed by atoms with Gasteiger partial charge in [-0.3, -0.25) is 4.99 Å². The lowest BCUT2D eigenvalue weighted by Gasteiger charge is -2.17. The lowest BCUT2D eigenvalue weighted by Crippen LogP contribution is -2.38. The molecule has 0 aromatic carbocycles. The predicted octanol–water partition coefficient (Wildman–Crippen LogP) is 1.02. The van der Waals surface area contributed by atoms with Gasteiger partial charge in [-0.15, -0.1) is 30.6 Å². The molecule has 0 rings (SSSR count). The average Bonchev–Trinajstić information content (AvgIpc) is 2.36. The first-order valence-electron chi connectivity index (χ1n) is 6.62. The topological polar surface area (TPSA) is 73.8 Å². The van der Waals surface area contributed by atoms with Gasteiger partial charge in [0, 0.05) is 26.2 Å². The summed E-state index contributed by atoms with van der Waals surface area (Å²) in [5.74, 6) is 0.636. The maximum Gasteiger partial charge on any atom is 0.215 e. The van der Waals surface area contributed by atoms with Crippen LogP contribution >= 0.6 is 24.0 Å². The van der Waals surface area contributed by atoms with Crippen molar-refractivity contribution in [1.29, 1.82) is 0 Å². The Bertz CT molecular complexity index is 381. The molecule has 0 saturated heterocycles. The Labute approximate surface area is 140 Å². The third-order valence-corrected chi connectivity index (χ3v) is 4.48. The highest BCUT2D eigenvalue weighted by Crippen LogP contribution is 2.00. The molecule has 0 radical (unpaired) electrons. The van der Waals surface area contributed by atoms with E-state index in [0.29, 0.717) is 25.6 Å². The van der Waals surface area contributed by atoms with Crippen LogP contribution in [0.2, 0.25) is 0 Å². The number of aliphatic imine (C=N–C) groups is 1. The minimum absolute atomic E-state index is 0. The van der Waals surface area contributed by atoms with E-state index in [1.54, 1.807) is 6.08 Å². The molecule has 0 aliphatic heterocycles. The molecular formula is C12H27IN4O2S. The van der Waals surface area contributed by atoms with Crippen LogP contribution in [0.15, 0.2) is 17.6 Å². The second-order valence-corrected chi connectivity index (χ2v) is 5.92. The van der Waals surface area contributed by atoms with Gasteiger partial charge in [-0.05, 0) is 6.92 Å². The summed E-state index contributed by atoms with van der Waals surface area (Å²) in [5, 5.41) is 6.07. The Morgan fingerprint density at radius 2 is 1.85 bits per heavy atom. The Kier molecular flexibility index (Phi) is 13.6.